The van der Waals surface area contributed by atoms with Crippen LogP contribution in [0.2, 0.25) is 0 Å². The molecule has 0 saturated carbocycles. The summed E-state index contributed by atoms with van der Waals surface area (Å²) in [6.07, 6.45) is 7.46. The van der Waals surface area contributed by atoms with Gasteiger partial charge in [-0.25, -0.2) is 4.79 Å². The summed E-state index contributed by atoms with van der Waals surface area (Å²) in [6.45, 7) is 0. The number of unbranched alkanes of at least 4 members (excludes halogenated alkanes) is 4. The molecule has 1 N–H and O–H groups in total. The highest BCUT2D eigenvalue weighted by Gasteiger charge is 2.09. The summed E-state index contributed by atoms with van der Waals surface area (Å²) < 4.78 is 0. The number of aliphatic carboxylic acids is 1. The van der Waals surface area contributed by atoms with E-state index in [0.29, 0.717) is 6.42 Å². The van der Waals surface area contributed by atoms with Gasteiger partial charge in [-0.05, 0) is 24.9 Å². The van der Waals surface area contributed by atoms with Gasteiger partial charge in [0, 0.05) is 6.42 Å². The standard InChI is InChI=1S/C10H18O3S/c1-14-8-6-4-2-3-5-7-9(11)10(12)13/h2-8H2,1H3,(H,12,13). The fourth-order valence-corrected chi connectivity index (χ4v) is 1.66. The van der Waals surface area contributed by atoms with Crippen LogP contribution in [0.3, 0.4) is 0 Å². The number of carbonyl (C=O) groups is 2. The quantitative estimate of drug-likeness (QED) is 0.477. The smallest absolute Gasteiger partial charge is 0.372 e. The molecule has 0 saturated heterocycles. The molecule has 82 valence electrons. The molecule has 0 amide bonds. The first kappa shape index (κ1) is 13.5. The number of carboxylic acids is 1. The Morgan fingerprint density at radius 1 is 1.07 bits per heavy atom. The Hall–Kier alpha value is -0.510. The van der Waals surface area contributed by atoms with Crippen molar-refractivity contribution in [1.29, 1.82) is 0 Å². The molecule has 0 atom stereocenters. The molecule has 14 heavy (non-hydrogen) atoms. The molecular weight excluding hydrogens is 200 g/mol. The Labute approximate surface area is 89.3 Å². The Bertz CT molecular complexity index is 180. The third-order valence-electron chi connectivity index (χ3n) is 1.99. The molecular formula is C10H18O3S. The van der Waals surface area contributed by atoms with E-state index in [-0.39, 0.29) is 6.42 Å². The van der Waals surface area contributed by atoms with Crippen LogP contribution in [-0.2, 0) is 9.59 Å². The molecule has 0 rings (SSSR count). The van der Waals surface area contributed by atoms with E-state index in [1.165, 1.54) is 18.6 Å². The van der Waals surface area contributed by atoms with Crippen LogP contribution in [0.1, 0.15) is 38.5 Å². The molecule has 0 heterocycles. The van der Waals surface area contributed by atoms with Crippen LogP contribution < -0.4 is 0 Å². The van der Waals surface area contributed by atoms with Crippen molar-refractivity contribution in [2.75, 3.05) is 12.0 Å². The van der Waals surface area contributed by atoms with Gasteiger partial charge in [0.15, 0.2) is 0 Å². The minimum atomic E-state index is -1.30. The third-order valence-corrected chi connectivity index (χ3v) is 2.69. The molecule has 0 spiro atoms. The van der Waals surface area contributed by atoms with Crippen LogP contribution in [0.15, 0.2) is 0 Å². The van der Waals surface area contributed by atoms with E-state index in [4.69, 9.17) is 5.11 Å². The molecule has 0 aromatic carbocycles. The van der Waals surface area contributed by atoms with Crippen molar-refractivity contribution < 1.29 is 14.7 Å². The van der Waals surface area contributed by atoms with Gasteiger partial charge in [0.25, 0.3) is 0 Å². The molecule has 0 aromatic rings. The Kier molecular flexibility index (Phi) is 8.73. The Balaban J connectivity index is 3.13. The summed E-state index contributed by atoms with van der Waals surface area (Å²) in [6, 6.07) is 0. The van der Waals surface area contributed by atoms with Crippen LogP contribution in [0.5, 0.6) is 0 Å². The SMILES string of the molecule is CSCCCCCCCC(=O)C(=O)O. The number of ketones is 1. The molecule has 0 aromatic heterocycles. The number of carbonyl (C=O) groups excluding carboxylic acids is 1. The van der Waals surface area contributed by atoms with Gasteiger partial charge in [-0.2, -0.15) is 11.8 Å². The van der Waals surface area contributed by atoms with Crippen LogP contribution in [0, 0.1) is 0 Å². The van der Waals surface area contributed by atoms with Crippen LogP contribution >= 0.6 is 11.8 Å². The second-order valence-electron chi connectivity index (χ2n) is 3.24. The van der Waals surface area contributed by atoms with E-state index in [1.807, 2.05) is 11.8 Å². The maximum absolute atomic E-state index is 10.7. The lowest BCUT2D eigenvalue weighted by Gasteiger charge is -1.99. The molecule has 0 aliphatic carbocycles. The zero-order valence-electron chi connectivity index (χ0n) is 8.62. The van der Waals surface area contributed by atoms with E-state index in [2.05, 4.69) is 6.26 Å². The lowest BCUT2D eigenvalue weighted by molar-refractivity contribution is -0.149. The van der Waals surface area contributed by atoms with Crippen molar-refractivity contribution in [3.05, 3.63) is 0 Å². The van der Waals surface area contributed by atoms with Crippen LogP contribution in [0.4, 0.5) is 0 Å². The van der Waals surface area contributed by atoms with Crippen LogP contribution in [0.25, 0.3) is 0 Å². The summed E-state index contributed by atoms with van der Waals surface area (Å²) in [4.78, 5) is 20.8. The van der Waals surface area contributed by atoms with Gasteiger partial charge in [-0.3, -0.25) is 4.79 Å². The Morgan fingerprint density at radius 2 is 1.64 bits per heavy atom. The van der Waals surface area contributed by atoms with Crippen molar-refractivity contribution >= 4 is 23.5 Å². The van der Waals surface area contributed by atoms with Gasteiger partial charge < -0.3 is 5.11 Å². The maximum atomic E-state index is 10.7. The Morgan fingerprint density at radius 3 is 2.21 bits per heavy atom. The topological polar surface area (TPSA) is 54.4 Å². The van der Waals surface area contributed by atoms with Crippen molar-refractivity contribution in [2.45, 2.75) is 38.5 Å². The second-order valence-corrected chi connectivity index (χ2v) is 4.22. The predicted molar refractivity (Wildman–Crippen MR) is 58.7 cm³/mol. The normalized spacial score (nSPS) is 10.1. The van der Waals surface area contributed by atoms with E-state index in [0.717, 1.165) is 12.8 Å². The summed E-state index contributed by atoms with van der Waals surface area (Å²) in [5, 5.41) is 8.30. The van der Waals surface area contributed by atoms with Crippen molar-refractivity contribution in [3.63, 3.8) is 0 Å². The number of Topliss-reactive ketones (excluding diaryl/α,β-unsaturated/α-hetero) is 1. The highest BCUT2D eigenvalue weighted by molar-refractivity contribution is 7.98. The minimum Gasteiger partial charge on any atom is -0.476 e. The molecule has 0 unspecified atom stereocenters. The zero-order valence-corrected chi connectivity index (χ0v) is 9.44. The summed E-state index contributed by atoms with van der Waals surface area (Å²) >= 11 is 1.84. The first-order valence-electron chi connectivity index (χ1n) is 4.93. The first-order chi connectivity index (χ1) is 6.68. The van der Waals surface area contributed by atoms with Gasteiger partial charge in [0.05, 0.1) is 0 Å². The molecule has 3 nitrogen and oxygen atoms in total. The highest BCUT2D eigenvalue weighted by Crippen LogP contribution is 2.08. The predicted octanol–water partition coefficient (Wildman–Crippen LogP) is 2.34. The molecule has 0 aliphatic heterocycles. The average molecular weight is 218 g/mol. The maximum Gasteiger partial charge on any atom is 0.372 e. The van der Waals surface area contributed by atoms with Crippen molar-refractivity contribution in [1.82, 2.24) is 0 Å². The number of hydrogen-bond acceptors (Lipinski definition) is 3. The number of hydrogen-bond donors (Lipinski definition) is 1. The fraction of sp³-hybridized carbons (Fsp3) is 0.800. The van der Waals surface area contributed by atoms with Crippen molar-refractivity contribution in [2.24, 2.45) is 0 Å². The lowest BCUT2D eigenvalue weighted by atomic mass is 10.1. The van der Waals surface area contributed by atoms with E-state index in [1.54, 1.807) is 0 Å². The average Bonchev–Trinajstić information content (AvgIpc) is 2.16. The van der Waals surface area contributed by atoms with Gasteiger partial charge in [0.2, 0.25) is 5.78 Å². The monoisotopic (exact) mass is 218 g/mol. The molecule has 4 heteroatoms. The minimum absolute atomic E-state index is 0.192. The highest BCUT2D eigenvalue weighted by atomic mass is 32.2. The number of rotatable bonds is 9. The van der Waals surface area contributed by atoms with Gasteiger partial charge >= 0.3 is 5.97 Å². The molecule has 0 radical (unpaired) electrons. The largest absolute Gasteiger partial charge is 0.476 e. The summed E-state index contributed by atoms with van der Waals surface area (Å²) in [7, 11) is 0. The zero-order chi connectivity index (χ0) is 10.8. The van der Waals surface area contributed by atoms with Crippen LogP contribution in [-0.4, -0.2) is 28.9 Å². The van der Waals surface area contributed by atoms with Gasteiger partial charge in [-0.15, -0.1) is 0 Å². The number of thioether (sulfide) groups is 1. The van der Waals surface area contributed by atoms with Crippen molar-refractivity contribution in [3.8, 4) is 0 Å². The van der Waals surface area contributed by atoms with Gasteiger partial charge in [-0.1, -0.05) is 19.3 Å². The third kappa shape index (κ3) is 8.10. The molecule has 0 bridgehead atoms. The summed E-state index contributed by atoms with van der Waals surface area (Å²) in [5.41, 5.74) is 0. The van der Waals surface area contributed by atoms with Gasteiger partial charge in [0.1, 0.15) is 0 Å². The first-order valence-corrected chi connectivity index (χ1v) is 6.33. The molecule has 0 fully saturated rings. The van der Waals surface area contributed by atoms with E-state index in [9.17, 15) is 9.59 Å². The van der Waals surface area contributed by atoms with E-state index < -0.39 is 11.8 Å². The summed E-state index contributed by atoms with van der Waals surface area (Å²) in [5.74, 6) is -0.768. The van der Waals surface area contributed by atoms with E-state index >= 15 is 0 Å². The lowest BCUT2D eigenvalue weighted by Crippen LogP contribution is -2.11. The second kappa shape index (κ2) is 9.06. The number of carboxylic acid groups (broad SMARTS) is 1. The fourth-order valence-electron chi connectivity index (χ4n) is 1.17. The molecule has 0 aliphatic rings.